The Bertz CT molecular complexity index is 535. The van der Waals surface area contributed by atoms with Crippen LogP contribution in [0.25, 0.3) is 0 Å². The first kappa shape index (κ1) is 15.0. The van der Waals surface area contributed by atoms with Gasteiger partial charge in [0.2, 0.25) is 0 Å². The van der Waals surface area contributed by atoms with Crippen LogP contribution in [0, 0.1) is 0 Å². The van der Waals surface area contributed by atoms with Gasteiger partial charge in [0.05, 0.1) is 17.3 Å². The zero-order valence-electron chi connectivity index (χ0n) is 11.3. The third-order valence-corrected chi connectivity index (χ3v) is 3.29. The summed E-state index contributed by atoms with van der Waals surface area (Å²) in [6, 6.07) is 9.75. The van der Waals surface area contributed by atoms with E-state index in [9.17, 15) is 0 Å². The molecule has 2 rings (SSSR count). The molecule has 5 heteroatoms. The van der Waals surface area contributed by atoms with Crippen molar-refractivity contribution in [3.8, 4) is 11.5 Å². The third-order valence-electron chi connectivity index (χ3n) is 2.67. The van der Waals surface area contributed by atoms with Crippen LogP contribution in [0.2, 0.25) is 0 Å². The van der Waals surface area contributed by atoms with E-state index in [1.165, 1.54) is 5.56 Å². The molecule has 4 nitrogen and oxygen atoms in total. The minimum absolute atomic E-state index is 0.712. The SMILES string of the molecule is COCCNCc1ccc(Oc2cccnc2)c(Br)c1. The number of ether oxygens (including phenoxy) is 2. The predicted molar refractivity (Wildman–Crippen MR) is 82.0 cm³/mol. The van der Waals surface area contributed by atoms with E-state index in [2.05, 4.69) is 26.2 Å². The average Bonchev–Trinajstić information content (AvgIpc) is 2.47. The van der Waals surface area contributed by atoms with Gasteiger partial charge in [-0.2, -0.15) is 0 Å². The Balaban J connectivity index is 1.95. The maximum atomic E-state index is 5.76. The fourth-order valence-electron chi connectivity index (χ4n) is 1.68. The number of hydrogen-bond acceptors (Lipinski definition) is 4. The lowest BCUT2D eigenvalue weighted by Gasteiger charge is -2.09. The topological polar surface area (TPSA) is 43.4 Å². The van der Waals surface area contributed by atoms with E-state index in [-0.39, 0.29) is 0 Å². The average molecular weight is 337 g/mol. The maximum Gasteiger partial charge on any atom is 0.145 e. The number of rotatable bonds is 7. The number of aromatic nitrogens is 1. The first-order valence-corrected chi connectivity index (χ1v) is 7.15. The van der Waals surface area contributed by atoms with Gasteiger partial charge >= 0.3 is 0 Å². The Morgan fingerprint density at radius 2 is 2.20 bits per heavy atom. The van der Waals surface area contributed by atoms with E-state index in [0.717, 1.165) is 29.1 Å². The van der Waals surface area contributed by atoms with Crippen LogP contribution in [0.5, 0.6) is 11.5 Å². The van der Waals surface area contributed by atoms with Gasteiger partial charge < -0.3 is 14.8 Å². The molecule has 0 aliphatic heterocycles. The monoisotopic (exact) mass is 336 g/mol. The van der Waals surface area contributed by atoms with E-state index in [1.54, 1.807) is 19.5 Å². The lowest BCUT2D eigenvalue weighted by Crippen LogP contribution is -2.18. The van der Waals surface area contributed by atoms with Crippen LogP contribution >= 0.6 is 15.9 Å². The second kappa shape index (κ2) is 7.99. The Morgan fingerprint density at radius 3 is 2.90 bits per heavy atom. The van der Waals surface area contributed by atoms with Crippen molar-refractivity contribution >= 4 is 15.9 Å². The molecule has 0 aliphatic carbocycles. The molecule has 0 saturated heterocycles. The first-order chi connectivity index (χ1) is 9.79. The number of hydrogen-bond donors (Lipinski definition) is 1. The van der Waals surface area contributed by atoms with E-state index >= 15 is 0 Å². The number of methoxy groups -OCH3 is 1. The van der Waals surface area contributed by atoms with Crippen molar-refractivity contribution in [3.63, 3.8) is 0 Å². The standard InChI is InChI=1S/C15H17BrN2O2/c1-19-8-7-18-10-12-4-5-15(14(16)9-12)20-13-3-2-6-17-11-13/h2-6,9,11,18H,7-8,10H2,1H3. The molecule has 1 aromatic carbocycles. The Labute approximate surface area is 127 Å². The van der Waals surface area contributed by atoms with Gasteiger partial charge in [-0.25, -0.2) is 0 Å². The molecule has 0 spiro atoms. The largest absolute Gasteiger partial charge is 0.455 e. The van der Waals surface area contributed by atoms with Crippen molar-refractivity contribution in [1.82, 2.24) is 10.3 Å². The summed E-state index contributed by atoms with van der Waals surface area (Å²) < 4.78 is 11.7. The van der Waals surface area contributed by atoms with E-state index < -0.39 is 0 Å². The van der Waals surface area contributed by atoms with E-state index in [0.29, 0.717) is 6.61 Å². The number of pyridine rings is 1. The van der Waals surface area contributed by atoms with Gasteiger partial charge in [-0.3, -0.25) is 4.98 Å². The van der Waals surface area contributed by atoms with Crippen LogP contribution in [0.4, 0.5) is 0 Å². The van der Waals surface area contributed by atoms with E-state index in [4.69, 9.17) is 9.47 Å². The van der Waals surface area contributed by atoms with Crippen LogP contribution in [-0.4, -0.2) is 25.2 Å². The summed E-state index contributed by atoms with van der Waals surface area (Å²) in [6.45, 7) is 2.35. The van der Waals surface area contributed by atoms with Crippen molar-refractivity contribution in [2.24, 2.45) is 0 Å². The van der Waals surface area contributed by atoms with Gasteiger partial charge in [-0.1, -0.05) is 6.07 Å². The summed E-state index contributed by atoms with van der Waals surface area (Å²) in [5, 5.41) is 3.30. The fraction of sp³-hybridized carbons (Fsp3) is 0.267. The Kier molecular flexibility index (Phi) is 5.98. The second-order valence-electron chi connectivity index (χ2n) is 4.23. The number of benzene rings is 1. The highest BCUT2D eigenvalue weighted by molar-refractivity contribution is 9.10. The fourth-order valence-corrected chi connectivity index (χ4v) is 2.19. The summed E-state index contributed by atoms with van der Waals surface area (Å²) in [6.07, 6.45) is 3.41. The van der Waals surface area contributed by atoms with Crippen LogP contribution in [-0.2, 0) is 11.3 Å². The summed E-state index contributed by atoms with van der Waals surface area (Å²) in [7, 11) is 1.70. The van der Waals surface area contributed by atoms with Gasteiger partial charge in [0, 0.05) is 26.4 Å². The van der Waals surface area contributed by atoms with Crippen molar-refractivity contribution in [2.45, 2.75) is 6.54 Å². The molecule has 20 heavy (non-hydrogen) atoms. The molecule has 1 heterocycles. The highest BCUT2D eigenvalue weighted by atomic mass is 79.9. The molecule has 1 N–H and O–H groups in total. The van der Waals surface area contributed by atoms with Gasteiger partial charge in [-0.05, 0) is 45.8 Å². The quantitative estimate of drug-likeness (QED) is 0.787. The molecule has 0 radical (unpaired) electrons. The molecule has 0 amide bonds. The maximum absolute atomic E-state index is 5.76. The molecule has 0 unspecified atom stereocenters. The molecule has 0 bridgehead atoms. The predicted octanol–water partition coefficient (Wildman–Crippen LogP) is 3.37. The van der Waals surface area contributed by atoms with Crippen molar-refractivity contribution in [2.75, 3.05) is 20.3 Å². The molecular formula is C15H17BrN2O2. The van der Waals surface area contributed by atoms with Crippen LogP contribution in [0.3, 0.4) is 0 Å². The summed E-state index contributed by atoms with van der Waals surface area (Å²) in [5.74, 6) is 1.50. The molecule has 0 aliphatic rings. The smallest absolute Gasteiger partial charge is 0.145 e. The summed E-state index contributed by atoms with van der Waals surface area (Å²) in [4.78, 5) is 4.02. The molecule has 106 valence electrons. The van der Waals surface area contributed by atoms with Gasteiger partial charge in [0.25, 0.3) is 0 Å². The first-order valence-electron chi connectivity index (χ1n) is 6.35. The Morgan fingerprint density at radius 1 is 1.30 bits per heavy atom. The van der Waals surface area contributed by atoms with Gasteiger partial charge in [0.15, 0.2) is 0 Å². The Hall–Kier alpha value is -1.43. The van der Waals surface area contributed by atoms with Crippen molar-refractivity contribution in [3.05, 3.63) is 52.8 Å². The molecule has 2 aromatic rings. The van der Waals surface area contributed by atoms with Crippen molar-refractivity contribution < 1.29 is 9.47 Å². The molecular weight excluding hydrogens is 320 g/mol. The number of nitrogens with one attached hydrogen (secondary N) is 1. The minimum atomic E-state index is 0.712. The van der Waals surface area contributed by atoms with Crippen molar-refractivity contribution in [1.29, 1.82) is 0 Å². The highest BCUT2D eigenvalue weighted by Crippen LogP contribution is 2.30. The van der Waals surface area contributed by atoms with Gasteiger partial charge in [0.1, 0.15) is 11.5 Å². The minimum Gasteiger partial charge on any atom is -0.455 e. The molecule has 1 aromatic heterocycles. The van der Waals surface area contributed by atoms with Crippen LogP contribution in [0.15, 0.2) is 47.2 Å². The third kappa shape index (κ3) is 4.59. The molecule has 0 atom stereocenters. The second-order valence-corrected chi connectivity index (χ2v) is 5.08. The normalized spacial score (nSPS) is 10.5. The molecule has 0 fully saturated rings. The molecule has 0 saturated carbocycles. The van der Waals surface area contributed by atoms with E-state index in [1.807, 2.05) is 30.3 Å². The highest BCUT2D eigenvalue weighted by Gasteiger charge is 2.04. The zero-order valence-corrected chi connectivity index (χ0v) is 12.9. The number of halogens is 1. The van der Waals surface area contributed by atoms with Crippen LogP contribution in [0.1, 0.15) is 5.56 Å². The summed E-state index contributed by atoms with van der Waals surface area (Å²) >= 11 is 3.53. The lowest BCUT2D eigenvalue weighted by molar-refractivity contribution is 0.199. The van der Waals surface area contributed by atoms with Crippen LogP contribution < -0.4 is 10.1 Å². The number of nitrogens with zero attached hydrogens (tertiary/aromatic N) is 1. The lowest BCUT2D eigenvalue weighted by atomic mass is 10.2. The summed E-state index contributed by atoms with van der Waals surface area (Å²) in [5.41, 5.74) is 1.19. The van der Waals surface area contributed by atoms with Gasteiger partial charge in [-0.15, -0.1) is 0 Å². The zero-order chi connectivity index (χ0) is 14.2.